The molecule has 0 spiro atoms. The second-order valence-corrected chi connectivity index (χ2v) is 4.98. The van der Waals surface area contributed by atoms with E-state index >= 15 is 0 Å². The number of hydrogen-bond acceptors (Lipinski definition) is 5. The monoisotopic (exact) mass is 280 g/mol. The third kappa shape index (κ3) is 3.00. The van der Waals surface area contributed by atoms with Crippen LogP contribution in [0.4, 0.5) is 0 Å². The largest absolute Gasteiger partial charge is 0.478 e. The predicted molar refractivity (Wildman–Crippen MR) is 68.4 cm³/mol. The number of rotatable bonds is 4. The number of furan rings is 1. The van der Waals surface area contributed by atoms with Gasteiger partial charge in [-0.15, -0.1) is 11.3 Å². The molecule has 0 saturated heterocycles. The summed E-state index contributed by atoms with van der Waals surface area (Å²) >= 11 is 1.39. The van der Waals surface area contributed by atoms with Gasteiger partial charge in [-0.1, -0.05) is 0 Å². The molecule has 19 heavy (non-hydrogen) atoms. The van der Waals surface area contributed by atoms with Gasteiger partial charge in [-0.3, -0.25) is 4.79 Å². The molecule has 0 aromatic carbocycles. The van der Waals surface area contributed by atoms with Gasteiger partial charge in [0.1, 0.15) is 22.8 Å². The fourth-order valence-electron chi connectivity index (χ4n) is 1.57. The van der Waals surface area contributed by atoms with Crippen LogP contribution < -0.4 is 5.32 Å². The summed E-state index contributed by atoms with van der Waals surface area (Å²) < 4.78 is 5.25. The van der Waals surface area contributed by atoms with Gasteiger partial charge in [-0.05, 0) is 19.9 Å². The van der Waals surface area contributed by atoms with E-state index in [1.165, 1.54) is 17.4 Å². The van der Waals surface area contributed by atoms with Gasteiger partial charge in [0.2, 0.25) is 0 Å². The Morgan fingerprint density at radius 1 is 1.47 bits per heavy atom. The number of carbonyl (C=O) groups excluding carboxylic acids is 1. The van der Waals surface area contributed by atoms with E-state index in [0.717, 1.165) is 5.01 Å². The quantitative estimate of drug-likeness (QED) is 0.893. The Morgan fingerprint density at radius 2 is 2.21 bits per heavy atom. The summed E-state index contributed by atoms with van der Waals surface area (Å²) in [5, 5.41) is 14.0. The van der Waals surface area contributed by atoms with Crippen molar-refractivity contribution in [2.75, 3.05) is 0 Å². The summed E-state index contributed by atoms with van der Waals surface area (Å²) in [6, 6.07) is 1.41. The van der Waals surface area contributed by atoms with Gasteiger partial charge in [0.15, 0.2) is 0 Å². The Labute approximate surface area is 113 Å². The van der Waals surface area contributed by atoms with E-state index in [1.54, 1.807) is 12.3 Å². The Kier molecular flexibility index (Phi) is 3.66. The molecule has 2 heterocycles. The molecule has 2 rings (SSSR count). The summed E-state index contributed by atoms with van der Waals surface area (Å²) in [6.07, 6.45) is 0. The normalized spacial score (nSPS) is 10.4. The van der Waals surface area contributed by atoms with Crippen LogP contribution in [-0.2, 0) is 6.54 Å². The second kappa shape index (κ2) is 5.23. The SMILES string of the molecule is Cc1nc(C(=O)NCc2cc(C(=O)O)c(C)o2)cs1. The number of aryl methyl sites for hydroxylation is 2. The summed E-state index contributed by atoms with van der Waals surface area (Å²) in [5.74, 6) is -0.638. The number of carbonyl (C=O) groups is 2. The van der Waals surface area contributed by atoms with Gasteiger partial charge >= 0.3 is 5.97 Å². The van der Waals surface area contributed by atoms with Gasteiger partial charge in [-0.2, -0.15) is 0 Å². The lowest BCUT2D eigenvalue weighted by molar-refractivity contribution is 0.0694. The molecule has 0 radical (unpaired) electrons. The topological polar surface area (TPSA) is 92.4 Å². The lowest BCUT2D eigenvalue weighted by Crippen LogP contribution is -2.22. The molecule has 0 aliphatic heterocycles. The molecular weight excluding hydrogens is 268 g/mol. The zero-order valence-corrected chi connectivity index (χ0v) is 11.2. The number of carboxylic acid groups (broad SMARTS) is 1. The number of aromatic carboxylic acids is 1. The molecule has 1 amide bonds. The van der Waals surface area contributed by atoms with Gasteiger partial charge in [0, 0.05) is 5.38 Å². The summed E-state index contributed by atoms with van der Waals surface area (Å²) in [5.41, 5.74) is 0.456. The van der Waals surface area contributed by atoms with Crippen LogP contribution in [0.25, 0.3) is 0 Å². The molecule has 6 nitrogen and oxygen atoms in total. The first-order chi connectivity index (χ1) is 8.97. The number of nitrogens with zero attached hydrogens (tertiary/aromatic N) is 1. The maximum Gasteiger partial charge on any atom is 0.339 e. The van der Waals surface area contributed by atoms with E-state index in [1.807, 2.05) is 6.92 Å². The van der Waals surface area contributed by atoms with Crippen molar-refractivity contribution < 1.29 is 19.1 Å². The van der Waals surface area contributed by atoms with E-state index in [-0.39, 0.29) is 18.0 Å². The van der Waals surface area contributed by atoms with Crippen LogP contribution in [0, 0.1) is 13.8 Å². The molecular formula is C12H12N2O4S. The smallest absolute Gasteiger partial charge is 0.339 e. The van der Waals surface area contributed by atoms with Gasteiger partial charge < -0.3 is 14.8 Å². The molecule has 0 atom stereocenters. The minimum Gasteiger partial charge on any atom is -0.478 e. The summed E-state index contributed by atoms with van der Waals surface area (Å²) in [6.45, 7) is 3.51. The van der Waals surface area contributed by atoms with Gasteiger partial charge in [-0.25, -0.2) is 9.78 Å². The van der Waals surface area contributed by atoms with E-state index in [2.05, 4.69) is 10.3 Å². The fraction of sp³-hybridized carbons (Fsp3) is 0.250. The number of thiazole rings is 1. The highest BCUT2D eigenvalue weighted by molar-refractivity contribution is 7.09. The van der Waals surface area contributed by atoms with Crippen molar-refractivity contribution in [3.63, 3.8) is 0 Å². The van der Waals surface area contributed by atoms with Crippen LogP contribution in [0.5, 0.6) is 0 Å². The van der Waals surface area contributed by atoms with E-state index < -0.39 is 5.97 Å². The number of hydrogen-bond donors (Lipinski definition) is 2. The number of aromatic nitrogens is 1. The molecule has 0 bridgehead atoms. The first-order valence-corrected chi connectivity index (χ1v) is 6.38. The molecule has 2 aromatic heterocycles. The van der Waals surface area contributed by atoms with Gasteiger partial charge in [0.05, 0.1) is 11.6 Å². The molecule has 0 aliphatic carbocycles. The summed E-state index contributed by atoms with van der Waals surface area (Å²) in [7, 11) is 0. The molecule has 7 heteroatoms. The van der Waals surface area contributed by atoms with Crippen molar-refractivity contribution in [2.24, 2.45) is 0 Å². The van der Waals surface area contributed by atoms with Crippen molar-refractivity contribution in [1.29, 1.82) is 0 Å². The fourth-order valence-corrected chi connectivity index (χ4v) is 2.16. The van der Waals surface area contributed by atoms with Crippen molar-refractivity contribution in [3.05, 3.63) is 39.2 Å². The molecule has 0 aliphatic rings. The number of carboxylic acids is 1. The average molecular weight is 280 g/mol. The van der Waals surface area contributed by atoms with E-state index in [9.17, 15) is 9.59 Å². The Balaban J connectivity index is 2.01. The minimum absolute atomic E-state index is 0.105. The van der Waals surface area contributed by atoms with E-state index in [0.29, 0.717) is 17.2 Å². The Bertz CT molecular complexity index is 629. The molecule has 0 saturated carbocycles. The first kappa shape index (κ1) is 13.3. The Hall–Kier alpha value is -2.15. The summed E-state index contributed by atoms with van der Waals surface area (Å²) in [4.78, 5) is 26.6. The lowest BCUT2D eigenvalue weighted by atomic mass is 10.2. The molecule has 2 N–H and O–H groups in total. The van der Waals surface area contributed by atoms with Gasteiger partial charge in [0.25, 0.3) is 5.91 Å². The van der Waals surface area contributed by atoms with Crippen LogP contribution in [0.3, 0.4) is 0 Å². The minimum atomic E-state index is -1.05. The van der Waals surface area contributed by atoms with Crippen LogP contribution >= 0.6 is 11.3 Å². The lowest BCUT2D eigenvalue weighted by Gasteiger charge is -1.99. The average Bonchev–Trinajstić information content (AvgIpc) is 2.92. The maximum absolute atomic E-state index is 11.7. The van der Waals surface area contributed by atoms with Crippen LogP contribution in [0.15, 0.2) is 15.9 Å². The van der Waals surface area contributed by atoms with Crippen molar-refractivity contribution in [1.82, 2.24) is 10.3 Å². The molecule has 100 valence electrons. The highest BCUT2D eigenvalue weighted by Gasteiger charge is 2.15. The third-order valence-corrected chi connectivity index (χ3v) is 3.25. The zero-order chi connectivity index (χ0) is 14.0. The zero-order valence-electron chi connectivity index (χ0n) is 10.4. The first-order valence-electron chi connectivity index (χ1n) is 5.50. The van der Waals surface area contributed by atoms with Crippen molar-refractivity contribution in [3.8, 4) is 0 Å². The van der Waals surface area contributed by atoms with Crippen LogP contribution in [0.2, 0.25) is 0 Å². The van der Waals surface area contributed by atoms with Crippen molar-refractivity contribution >= 4 is 23.2 Å². The highest BCUT2D eigenvalue weighted by atomic mass is 32.1. The number of amides is 1. The molecule has 0 unspecified atom stereocenters. The maximum atomic E-state index is 11.7. The van der Waals surface area contributed by atoms with E-state index in [4.69, 9.17) is 9.52 Å². The molecule has 0 fully saturated rings. The Morgan fingerprint density at radius 3 is 2.74 bits per heavy atom. The third-order valence-electron chi connectivity index (χ3n) is 2.47. The molecule has 2 aromatic rings. The second-order valence-electron chi connectivity index (χ2n) is 3.92. The standard InChI is InChI=1S/C12H12N2O4S/c1-6-9(12(16)17)3-8(18-6)4-13-11(15)10-5-19-7(2)14-10/h3,5H,4H2,1-2H3,(H,13,15)(H,16,17). The van der Waals surface area contributed by atoms with Crippen LogP contribution in [-0.4, -0.2) is 22.0 Å². The van der Waals surface area contributed by atoms with Crippen molar-refractivity contribution in [2.45, 2.75) is 20.4 Å². The predicted octanol–water partition coefficient (Wildman–Crippen LogP) is 1.98. The number of nitrogens with one attached hydrogen (secondary N) is 1. The van der Waals surface area contributed by atoms with Crippen LogP contribution in [0.1, 0.15) is 37.4 Å². The highest BCUT2D eigenvalue weighted by Crippen LogP contribution is 2.14.